The maximum Gasteiger partial charge on any atom is 3.00 e. The van der Waals surface area contributed by atoms with E-state index in [1.54, 1.807) is 0 Å². The Morgan fingerprint density at radius 3 is 0.382 bits per heavy atom. The normalized spacial score (nSPS) is 15.0. The molecular weight excluding hydrogens is 1520 g/mol. The molecule has 0 aromatic heterocycles. The molecular formula is C84H154Al2Li2N2O12Si8. The van der Waals surface area contributed by atoms with Crippen molar-refractivity contribution < 1.29 is 94.6 Å². The van der Waals surface area contributed by atoms with Crippen LogP contribution in [0.4, 0.5) is 11.4 Å². The molecule has 0 atom stereocenters. The summed E-state index contributed by atoms with van der Waals surface area (Å²) in [4.78, 5) is 10.1. The van der Waals surface area contributed by atoms with Crippen LogP contribution in [0, 0.1) is 71.8 Å². The van der Waals surface area contributed by atoms with E-state index in [1.165, 1.54) is 33.6 Å². The van der Waals surface area contributed by atoms with Gasteiger partial charge in [0.25, 0.3) is 0 Å². The molecule has 0 bridgehead atoms. The van der Waals surface area contributed by atoms with Gasteiger partial charge in [0.1, 0.15) is 0 Å². The Bertz CT molecular complexity index is 2220. The second-order valence-electron chi connectivity index (χ2n) is 34.4. The number of hydrogen-bond acceptors (Lipinski definition) is 12. The van der Waals surface area contributed by atoms with Crippen LogP contribution in [-0.2, 0) is 56.8 Å². The SMILES string of the molecule is C1COCCO1.C1COCCO1.C1COCCO1.C1COCCO1.C1COCCO1.C1COCCO1.CC(C)c1cccc(C(C)C)c1[N-][Si](C)(C)C.CC(C)c1cccc(C(C)C)c1[N-][Si](C)(C)C.[Al+3].[Al+3].[C-]#C[Si](C)(C)C.[C-]#C[Si](C)(C)C.[C-]#C[Si](C)(C)C.[C-]#C[Si](C)(C)C.[C-]#C[Si](C)(C)C.[C-]#C[Si](C)(C)C.[Li+].[Li+]. The first-order chi connectivity index (χ1) is 48.8. The number of hydrogen-bond donors (Lipinski definition) is 0. The third-order valence-corrected chi connectivity index (χ3v) is 18.6. The van der Waals surface area contributed by atoms with E-state index in [1.807, 2.05) is 0 Å². The molecule has 0 aliphatic carbocycles. The first-order valence-corrected chi connectivity index (χ1v) is 66.0. The fraction of sp³-hybridized carbons (Fsp3) is 0.714. The molecule has 2 aromatic carbocycles. The molecule has 6 aliphatic rings. The Morgan fingerprint density at radius 1 is 0.236 bits per heavy atom. The molecule has 0 unspecified atom stereocenters. The first-order valence-electron chi connectivity index (χ1n) is 38.1. The van der Waals surface area contributed by atoms with E-state index in [0.717, 1.165) is 159 Å². The molecule has 0 radical (unpaired) electrons. The second kappa shape index (κ2) is 76.6. The maximum atomic E-state index is 6.67. The van der Waals surface area contributed by atoms with Gasteiger partial charge in [-0.3, -0.25) is 0 Å². The fourth-order valence-electron chi connectivity index (χ4n) is 6.59. The van der Waals surface area contributed by atoms with E-state index in [-0.39, 0.29) is 72.4 Å². The molecule has 0 saturated carbocycles. The van der Waals surface area contributed by atoms with Crippen LogP contribution in [-0.4, -0.2) is 258 Å². The Balaban J connectivity index is -0.000000125. The fourth-order valence-corrected chi connectivity index (χ4v) is 8.45. The monoisotopic (exact) mass is 1670 g/mol. The van der Waals surface area contributed by atoms with E-state index in [0.29, 0.717) is 23.7 Å². The molecule has 14 nitrogen and oxygen atoms in total. The first kappa shape index (κ1) is 130. The summed E-state index contributed by atoms with van der Waals surface area (Å²) in [6.07, 6.45) is 40.0. The van der Waals surface area contributed by atoms with E-state index in [9.17, 15) is 0 Å². The zero-order valence-electron chi connectivity index (χ0n) is 76.7. The summed E-state index contributed by atoms with van der Waals surface area (Å²) in [6.45, 7) is 88.0. The molecule has 110 heavy (non-hydrogen) atoms. The third kappa shape index (κ3) is 105. The molecule has 26 heteroatoms. The predicted molar refractivity (Wildman–Crippen MR) is 486 cm³/mol. The van der Waals surface area contributed by atoms with Gasteiger partial charge in [-0.15, -0.1) is 11.4 Å². The van der Waals surface area contributed by atoms with E-state index >= 15 is 0 Å². The Morgan fingerprint density at radius 2 is 0.327 bits per heavy atom. The molecule has 0 amide bonds. The Hall–Kier alpha value is -1.09. The number of rotatable bonds is 8. The van der Waals surface area contributed by atoms with Gasteiger partial charge in [-0.05, 0) is 40.1 Å². The van der Waals surface area contributed by atoms with Gasteiger partial charge < -0.3 is 139 Å². The molecule has 2 aromatic rings. The van der Waals surface area contributed by atoms with Crippen molar-refractivity contribution >= 4 is 111 Å². The minimum Gasteiger partial charge on any atom is -0.701 e. The van der Waals surface area contributed by atoms with Crippen molar-refractivity contribution in [2.24, 2.45) is 0 Å². The summed E-state index contributed by atoms with van der Waals surface area (Å²) >= 11 is 0. The number of ether oxygens (including phenoxy) is 12. The molecule has 6 aliphatic heterocycles. The molecule has 6 heterocycles. The van der Waals surface area contributed by atoms with Crippen molar-refractivity contribution in [3.8, 4) is 33.3 Å². The average Bonchev–Trinajstić information content (AvgIpc) is 0.821. The van der Waals surface area contributed by atoms with Crippen LogP contribution in [0.1, 0.15) is 101 Å². The van der Waals surface area contributed by atoms with Crippen molar-refractivity contribution in [2.45, 2.75) is 236 Å². The van der Waals surface area contributed by atoms with Crippen molar-refractivity contribution in [3.05, 3.63) is 107 Å². The van der Waals surface area contributed by atoms with E-state index < -0.39 is 64.9 Å². The van der Waals surface area contributed by atoms with Gasteiger partial charge in [0, 0.05) is 0 Å². The summed E-state index contributed by atoms with van der Waals surface area (Å²) in [6, 6.07) is 13.3. The van der Waals surface area contributed by atoms with Crippen molar-refractivity contribution in [3.63, 3.8) is 0 Å². The van der Waals surface area contributed by atoms with Crippen LogP contribution < -0.4 is 37.7 Å². The molecule has 8 rings (SSSR count). The van der Waals surface area contributed by atoms with Crippen molar-refractivity contribution in [2.75, 3.05) is 159 Å². The predicted octanol–water partition coefficient (Wildman–Crippen LogP) is 13.7. The minimum absolute atomic E-state index is 0. The largest absolute Gasteiger partial charge is 3.00 e. The molecule has 612 valence electrons. The van der Waals surface area contributed by atoms with Gasteiger partial charge in [0.2, 0.25) is 0 Å². The van der Waals surface area contributed by atoms with Gasteiger partial charge >= 0.3 is 72.4 Å². The maximum absolute atomic E-state index is 6.67. The van der Waals surface area contributed by atoms with Crippen LogP contribution in [0.3, 0.4) is 0 Å². The minimum atomic E-state index is -1.43. The summed E-state index contributed by atoms with van der Waals surface area (Å²) in [5.41, 5.74) is 23.1. The molecule has 6 fully saturated rings. The smallest absolute Gasteiger partial charge is 0.701 e. The quantitative estimate of drug-likeness (QED) is 0.141. The third-order valence-electron chi connectivity index (χ3n) is 12.3. The van der Waals surface area contributed by atoms with Crippen LogP contribution in [0.2, 0.25) is 157 Å². The topological polar surface area (TPSA) is 139 Å². The van der Waals surface area contributed by atoms with Gasteiger partial charge in [-0.1, -0.05) is 271 Å². The Kier molecular flexibility index (Phi) is 90.3. The summed E-state index contributed by atoms with van der Waals surface area (Å²) in [5.74, 6) is 2.18. The van der Waals surface area contributed by atoms with Crippen molar-refractivity contribution in [1.29, 1.82) is 0 Å². The zero-order valence-corrected chi connectivity index (χ0v) is 87.0. The number of nitrogens with zero attached hydrogens (tertiary/aromatic N) is 2. The zero-order chi connectivity index (χ0) is 83.1. The van der Waals surface area contributed by atoms with Gasteiger partial charge in [0.15, 0.2) is 0 Å². The standard InChI is InChI=1S/2C15H26NSi.6C5H9Si.6C4H8O2.2Al.2Li/c2*1-11(2)13-9-8-10-14(12(3)4)15(13)16-17(5,6)7;6*1-5-6(2,3)4;6*1-2-6-4-3-5-1;;;;/h2*8-12H,1-7H3;6*2-4H3;6*1-4H2;;;;/q8*-1;;;;;;;2*+3;2*+1. The molecule has 0 N–H and O–H groups in total. The van der Waals surface area contributed by atoms with Gasteiger partial charge in [0.05, 0.1) is 207 Å². The second-order valence-corrected chi connectivity index (χ2v) is 72.0. The van der Waals surface area contributed by atoms with E-state index in [4.69, 9.17) is 105 Å². The van der Waals surface area contributed by atoms with Gasteiger partial charge in [-0.2, -0.15) is 0 Å². The molecule has 6 saturated heterocycles. The van der Waals surface area contributed by atoms with Crippen LogP contribution >= 0.6 is 0 Å². The van der Waals surface area contributed by atoms with Gasteiger partial charge in [-0.25, -0.2) is 0 Å². The number of benzene rings is 2. The van der Waals surface area contributed by atoms with Crippen molar-refractivity contribution in [1.82, 2.24) is 0 Å². The van der Waals surface area contributed by atoms with E-state index in [2.05, 4.69) is 282 Å². The Labute approximate surface area is 734 Å². The summed E-state index contributed by atoms with van der Waals surface area (Å²) in [5, 5.41) is 0. The average molecular weight is 1680 g/mol. The summed E-state index contributed by atoms with van der Waals surface area (Å²) < 4.78 is 59.3. The van der Waals surface area contributed by atoms with Crippen LogP contribution in [0.25, 0.3) is 9.96 Å². The van der Waals surface area contributed by atoms with Crippen LogP contribution in [0.5, 0.6) is 0 Å². The summed E-state index contributed by atoms with van der Waals surface area (Å²) in [7, 11) is -10.1. The molecule has 0 spiro atoms. The van der Waals surface area contributed by atoms with Crippen LogP contribution in [0.15, 0.2) is 36.4 Å².